The largest absolute Gasteiger partial charge is 0.338 e. The molecule has 0 unspecified atom stereocenters. The van der Waals surface area contributed by atoms with Crippen molar-refractivity contribution in [3.8, 4) is 0 Å². The first kappa shape index (κ1) is 16.7. The summed E-state index contributed by atoms with van der Waals surface area (Å²) in [5, 5.41) is 4.17. The SMILES string of the molecule is CC(C)C[NH2+]CC(=O)N(Cc1ccccc1)Cc1cccs1. The first-order valence-electron chi connectivity index (χ1n) is 7.81. The molecule has 1 aromatic heterocycles. The van der Waals surface area contributed by atoms with Gasteiger partial charge in [0.2, 0.25) is 0 Å². The molecule has 118 valence electrons. The van der Waals surface area contributed by atoms with Crippen molar-refractivity contribution in [3.63, 3.8) is 0 Å². The van der Waals surface area contributed by atoms with Crippen molar-refractivity contribution in [2.45, 2.75) is 26.9 Å². The van der Waals surface area contributed by atoms with Crippen LogP contribution < -0.4 is 5.32 Å². The second kappa shape index (κ2) is 8.71. The molecule has 0 spiro atoms. The van der Waals surface area contributed by atoms with Crippen LogP contribution in [0.4, 0.5) is 0 Å². The lowest BCUT2D eigenvalue weighted by Crippen LogP contribution is -2.87. The van der Waals surface area contributed by atoms with Crippen LogP contribution in [-0.2, 0) is 17.9 Å². The molecule has 0 aliphatic rings. The van der Waals surface area contributed by atoms with E-state index in [9.17, 15) is 4.79 Å². The molecule has 2 N–H and O–H groups in total. The highest BCUT2D eigenvalue weighted by Crippen LogP contribution is 2.14. The summed E-state index contributed by atoms with van der Waals surface area (Å²) in [4.78, 5) is 15.7. The maximum atomic E-state index is 12.6. The Morgan fingerprint density at radius 1 is 1.14 bits per heavy atom. The van der Waals surface area contributed by atoms with Gasteiger partial charge in [-0.3, -0.25) is 4.79 Å². The Morgan fingerprint density at radius 3 is 2.55 bits per heavy atom. The van der Waals surface area contributed by atoms with Gasteiger partial charge < -0.3 is 10.2 Å². The third kappa shape index (κ3) is 5.62. The molecule has 0 radical (unpaired) electrons. The van der Waals surface area contributed by atoms with E-state index in [1.807, 2.05) is 29.2 Å². The van der Waals surface area contributed by atoms with Crippen LogP contribution in [0.1, 0.15) is 24.3 Å². The van der Waals surface area contributed by atoms with Gasteiger partial charge >= 0.3 is 0 Å². The number of hydrogen-bond donors (Lipinski definition) is 1. The number of thiophene rings is 1. The molecular weight excluding hydrogens is 292 g/mol. The fourth-order valence-corrected chi connectivity index (χ4v) is 3.02. The summed E-state index contributed by atoms with van der Waals surface area (Å²) >= 11 is 1.70. The van der Waals surface area contributed by atoms with E-state index in [4.69, 9.17) is 0 Å². The Bertz CT molecular complexity index is 552. The maximum absolute atomic E-state index is 12.6. The highest BCUT2D eigenvalue weighted by atomic mass is 32.1. The number of rotatable bonds is 8. The smallest absolute Gasteiger partial charge is 0.278 e. The van der Waals surface area contributed by atoms with Gasteiger partial charge in [0.25, 0.3) is 5.91 Å². The Hall–Kier alpha value is -1.65. The van der Waals surface area contributed by atoms with E-state index in [0.29, 0.717) is 25.6 Å². The number of quaternary nitrogens is 1. The minimum atomic E-state index is 0.206. The van der Waals surface area contributed by atoms with Crippen molar-refractivity contribution in [1.29, 1.82) is 0 Å². The second-order valence-electron chi connectivity index (χ2n) is 5.94. The van der Waals surface area contributed by atoms with Crippen molar-refractivity contribution in [1.82, 2.24) is 4.90 Å². The number of carbonyl (C=O) groups excluding carboxylic acids is 1. The zero-order valence-electron chi connectivity index (χ0n) is 13.4. The van der Waals surface area contributed by atoms with Crippen LogP contribution in [0.3, 0.4) is 0 Å². The molecule has 0 aliphatic carbocycles. The summed E-state index contributed by atoms with van der Waals surface area (Å²) in [6, 6.07) is 14.3. The van der Waals surface area contributed by atoms with E-state index in [1.165, 1.54) is 10.4 Å². The zero-order valence-corrected chi connectivity index (χ0v) is 14.2. The van der Waals surface area contributed by atoms with Crippen LogP contribution in [0, 0.1) is 5.92 Å². The molecular formula is C18H25N2OS+. The molecule has 2 aromatic rings. The molecule has 1 heterocycles. The Labute approximate surface area is 137 Å². The normalized spacial score (nSPS) is 10.9. The molecule has 2 rings (SSSR count). The van der Waals surface area contributed by atoms with E-state index in [-0.39, 0.29) is 5.91 Å². The van der Waals surface area contributed by atoms with Crippen LogP contribution in [0.5, 0.6) is 0 Å². The molecule has 0 fully saturated rings. The summed E-state index contributed by atoms with van der Waals surface area (Å²) in [7, 11) is 0. The minimum Gasteiger partial charge on any atom is -0.338 e. The third-order valence-electron chi connectivity index (χ3n) is 3.45. The fourth-order valence-electron chi connectivity index (χ4n) is 2.30. The van der Waals surface area contributed by atoms with Crippen molar-refractivity contribution >= 4 is 17.2 Å². The molecule has 0 aliphatic heterocycles. The highest BCUT2D eigenvalue weighted by Gasteiger charge is 2.16. The number of hydrogen-bond acceptors (Lipinski definition) is 2. The summed E-state index contributed by atoms with van der Waals surface area (Å²) in [6.07, 6.45) is 0. The topological polar surface area (TPSA) is 36.9 Å². The number of nitrogens with two attached hydrogens (primary N) is 1. The van der Waals surface area contributed by atoms with Gasteiger partial charge in [0.15, 0.2) is 6.54 Å². The first-order chi connectivity index (χ1) is 10.6. The van der Waals surface area contributed by atoms with Gasteiger partial charge in [0.1, 0.15) is 0 Å². The summed E-state index contributed by atoms with van der Waals surface area (Å²) < 4.78 is 0. The zero-order chi connectivity index (χ0) is 15.8. The van der Waals surface area contributed by atoms with Gasteiger partial charge in [-0.1, -0.05) is 50.2 Å². The third-order valence-corrected chi connectivity index (χ3v) is 4.31. The molecule has 0 saturated heterocycles. The predicted octanol–water partition coefficient (Wildman–Crippen LogP) is 2.50. The van der Waals surface area contributed by atoms with Crippen LogP contribution in [0.15, 0.2) is 47.8 Å². The van der Waals surface area contributed by atoms with Gasteiger partial charge in [0.05, 0.1) is 13.1 Å². The fraction of sp³-hybridized carbons (Fsp3) is 0.389. The highest BCUT2D eigenvalue weighted by molar-refractivity contribution is 7.09. The Balaban J connectivity index is 1.99. The van der Waals surface area contributed by atoms with Gasteiger partial charge in [-0.15, -0.1) is 11.3 Å². The molecule has 22 heavy (non-hydrogen) atoms. The first-order valence-corrected chi connectivity index (χ1v) is 8.69. The maximum Gasteiger partial charge on any atom is 0.278 e. The van der Waals surface area contributed by atoms with E-state index < -0.39 is 0 Å². The van der Waals surface area contributed by atoms with E-state index in [0.717, 1.165) is 6.54 Å². The standard InChI is InChI=1S/C18H24N2OS/c1-15(2)11-19-12-18(21)20(14-17-9-6-10-22-17)13-16-7-4-3-5-8-16/h3-10,15,19H,11-14H2,1-2H3/p+1. The predicted molar refractivity (Wildman–Crippen MR) is 91.5 cm³/mol. The number of nitrogens with zero attached hydrogens (tertiary/aromatic N) is 1. The molecule has 0 atom stereocenters. The number of amides is 1. The Kier molecular flexibility index (Phi) is 6.62. The van der Waals surface area contributed by atoms with Gasteiger partial charge in [-0.25, -0.2) is 0 Å². The van der Waals surface area contributed by atoms with Crippen molar-refractivity contribution in [2.75, 3.05) is 13.1 Å². The van der Waals surface area contributed by atoms with Gasteiger partial charge in [0, 0.05) is 17.3 Å². The lowest BCUT2D eigenvalue weighted by atomic mass is 10.2. The molecule has 0 saturated carbocycles. The molecule has 1 amide bonds. The quantitative estimate of drug-likeness (QED) is 0.798. The molecule has 0 bridgehead atoms. The lowest BCUT2D eigenvalue weighted by molar-refractivity contribution is -0.649. The summed E-state index contributed by atoms with van der Waals surface area (Å²) in [5.41, 5.74) is 1.18. The van der Waals surface area contributed by atoms with Crippen molar-refractivity contribution in [2.24, 2.45) is 5.92 Å². The lowest BCUT2D eigenvalue weighted by Gasteiger charge is -2.21. The van der Waals surface area contributed by atoms with Crippen LogP contribution in [-0.4, -0.2) is 23.9 Å². The van der Waals surface area contributed by atoms with Crippen molar-refractivity contribution < 1.29 is 10.1 Å². The molecule has 4 heteroatoms. The number of benzene rings is 1. The average molecular weight is 317 g/mol. The van der Waals surface area contributed by atoms with Crippen LogP contribution in [0.25, 0.3) is 0 Å². The summed E-state index contributed by atoms with van der Waals surface area (Å²) in [5.74, 6) is 0.811. The van der Waals surface area contributed by atoms with E-state index >= 15 is 0 Å². The van der Waals surface area contributed by atoms with Gasteiger partial charge in [-0.2, -0.15) is 0 Å². The van der Waals surface area contributed by atoms with E-state index in [2.05, 4.69) is 42.7 Å². The van der Waals surface area contributed by atoms with Crippen LogP contribution in [0.2, 0.25) is 0 Å². The average Bonchev–Trinajstić information content (AvgIpc) is 3.00. The molecule has 1 aromatic carbocycles. The van der Waals surface area contributed by atoms with Crippen molar-refractivity contribution in [3.05, 3.63) is 58.3 Å². The van der Waals surface area contributed by atoms with Crippen LogP contribution >= 0.6 is 11.3 Å². The minimum absolute atomic E-state index is 0.206. The monoisotopic (exact) mass is 317 g/mol. The second-order valence-corrected chi connectivity index (χ2v) is 6.97. The van der Waals surface area contributed by atoms with Gasteiger partial charge in [-0.05, 0) is 17.0 Å². The summed E-state index contributed by atoms with van der Waals surface area (Å²) in [6.45, 7) is 7.23. The number of carbonyl (C=O) groups is 1. The Morgan fingerprint density at radius 2 is 1.91 bits per heavy atom. The van der Waals surface area contributed by atoms with E-state index in [1.54, 1.807) is 11.3 Å². The molecule has 3 nitrogen and oxygen atoms in total.